The van der Waals surface area contributed by atoms with Crippen LogP contribution >= 0.6 is 0 Å². The van der Waals surface area contributed by atoms with E-state index < -0.39 is 23.5 Å². The van der Waals surface area contributed by atoms with Gasteiger partial charge in [0.15, 0.2) is 0 Å². The summed E-state index contributed by atoms with van der Waals surface area (Å²) in [6.45, 7) is 1.94. The lowest BCUT2D eigenvalue weighted by molar-refractivity contribution is -0.139. The molecule has 19 heavy (non-hydrogen) atoms. The Balaban J connectivity index is 2.85. The van der Waals surface area contributed by atoms with Crippen molar-refractivity contribution in [1.29, 1.82) is 0 Å². The van der Waals surface area contributed by atoms with Crippen LogP contribution in [0.25, 0.3) is 0 Å². The Labute approximate surface area is 111 Å². The summed E-state index contributed by atoms with van der Waals surface area (Å²) in [7, 11) is 1.53. The van der Waals surface area contributed by atoms with E-state index in [1.165, 1.54) is 23.9 Å². The average Bonchev–Trinajstić information content (AvgIpc) is 2.37. The van der Waals surface area contributed by atoms with Crippen molar-refractivity contribution >= 4 is 11.9 Å². The number of carbonyl (C=O) groups is 2. The fraction of sp³-hybridized carbons (Fsp3) is 0.462. The molecule has 0 aliphatic carbocycles. The summed E-state index contributed by atoms with van der Waals surface area (Å²) in [5.74, 6) is -1.74. The molecule has 1 aromatic heterocycles. The zero-order valence-electron chi connectivity index (χ0n) is 11.0. The summed E-state index contributed by atoms with van der Waals surface area (Å²) in [5, 5.41) is 11.4. The minimum Gasteiger partial charge on any atom is -0.480 e. The molecular weight excluding hydrogens is 248 g/mol. The molecule has 1 aromatic rings. The minimum absolute atomic E-state index is 0.0484. The Kier molecular flexibility index (Phi) is 5.29. The topological polar surface area (TPSA) is 88.4 Å². The van der Waals surface area contributed by atoms with Crippen LogP contribution in [0.3, 0.4) is 0 Å². The molecule has 1 amide bonds. The van der Waals surface area contributed by atoms with Crippen molar-refractivity contribution < 1.29 is 14.7 Å². The van der Waals surface area contributed by atoms with Crippen LogP contribution in [0.1, 0.15) is 36.5 Å². The second-order valence-corrected chi connectivity index (χ2v) is 4.34. The highest BCUT2D eigenvalue weighted by Crippen LogP contribution is 2.02. The normalized spacial score (nSPS) is 11.9. The van der Waals surface area contributed by atoms with Crippen molar-refractivity contribution in [2.75, 3.05) is 0 Å². The van der Waals surface area contributed by atoms with Gasteiger partial charge in [-0.05, 0) is 18.6 Å². The van der Waals surface area contributed by atoms with E-state index in [0.717, 1.165) is 6.42 Å². The van der Waals surface area contributed by atoms with E-state index in [4.69, 9.17) is 5.11 Å². The molecule has 0 saturated heterocycles. The summed E-state index contributed by atoms with van der Waals surface area (Å²) >= 11 is 0. The van der Waals surface area contributed by atoms with Gasteiger partial charge in [0.2, 0.25) is 0 Å². The lowest BCUT2D eigenvalue weighted by Crippen LogP contribution is -2.43. The van der Waals surface area contributed by atoms with Crippen molar-refractivity contribution in [3.63, 3.8) is 0 Å². The number of carboxylic acid groups (broad SMARTS) is 1. The van der Waals surface area contributed by atoms with Gasteiger partial charge in [-0.2, -0.15) is 0 Å². The highest BCUT2D eigenvalue weighted by Gasteiger charge is 2.21. The maximum atomic E-state index is 11.9. The molecule has 2 N–H and O–H groups in total. The molecule has 0 spiro atoms. The van der Waals surface area contributed by atoms with Crippen LogP contribution in [-0.2, 0) is 11.8 Å². The number of carbonyl (C=O) groups excluding carboxylic acids is 1. The molecular formula is C13H18N2O4. The van der Waals surface area contributed by atoms with E-state index in [1.807, 2.05) is 6.92 Å². The van der Waals surface area contributed by atoms with Gasteiger partial charge in [0, 0.05) is 13.2 Å². The van der Waals surface area contributed by atoms with Crippen LogP contribution in [-0.4, -0.2) is 27.6 Å². The third kappa shape index (κ3) is 3.94. The van der Waals surface area contributed by atoms with Gasteiger partial charge >= 0.3 is 5.97 Å². The first-order valence-electron chi connectivity index (χ1n) is 6.16. The van der Waals surface area contributed by atoms with Crippen LogP contribution in [0.4, 0.5) is 0 Å². The molecule has 0 bridgehead atoms. The third-order valence-corrected chi connectivity index (χ3v) is 2.82. The van der Waals surface area contributed by atoms with Gasteiger partial charge in [-0.3, -0.25) is 9.59 Å². The Morgan fingerprint density at radius 1 is 1.47 bits per heavy atom. The maximum Gasteiger partial charge on any atom is 0.326 e. The van der Waals surface area contributed by atoms with E-state index in [-0.39, 0.29) is 5.56 Å². The maximum absolute atomic E-state index is 11.9. The number of carboxylic acids is 1. The van der Waals surface area contributed by atoms with Gasteiger partial charge in [0.05, 0.1) is 0 Å². The molecule has 0 unspecified atom stereocenters. The van der Waals surface area contributed by atoms with Crippen LogP contribution in [0.5, 0.6) is 0 Å². The molecule has 0 radical (unpaired) electrons. The predicted molar refractivity (Wildman–Crippen MR) is 70.1 cm³/mol. The number of rotatable bonds is 6. The quantitative estimate of drug-likeness (QED) is 0.795. The van der Waals surface area contributed by atoms with E-state index in [9.17, 15) is 14.4 Å². The fourth-order valence-electron chi connectivity index (χ4n) is 1.67. The van der Waals surface area contributed by atoms with Crippen molar-refractivity contribution in [3.05, 3.63) is 34.2 Å². The van der Waals surface area contributed by atoms with Gasteiger partial charge in [-0.15, -0.1) is 0 Å². The smallest absolute Gasteiger partial charge is 0.326 e. The van der Waals surface area contributed by atoms with E-state index >= 15 is 0 Å². The summed E-state index contributed by atoms with van der Waals surface area (Å²) in [6, 6.07) is 1.99. The molecule has 0 aromatic carbocycles. The highest BCUT2D eigenvalue weighted by atomic mass is 16.4. The van der Waals surface area contributed by atoms with Crippen molar-refractivity contribution in [2.45, 2.75) is 32.2 Å². The van der Waals surface area contributed by atoms with Crippen LogP contribution in [0, 0.1) is 0 Å². The predicted octanol–water partition coefficient (Wildman–Crippen LogP) is 0.758. The Bertz CT molecular complexity index is 522. The van der Waals surface area contributed by atoms with E-state index in [2.05, 4.69) is 5.32 Å². The molecule has 1 atom stereocenters. The molecule has 0 saturated carbocycles. The first-order valence-corrected chi connectivity index (χ1v) is 6.16. The van der Waals surface area contributed by atoms with E-state index in [1.54, 1.807) is 6.07 Å². The minimum atomic E-state index is -1.09. The number of unbranched alkanes of at least 4 members (excludes halogenated alkanes) is 1. The van der Waals surface area contributed by atoms with Gasteiger partial charge < -0.3 is 15.0 Å². The number of aromatic nitrogens is 1. The third-order valence-electron chi connectivity index (χ3n) is 2.82. The lowest BCUT2D eigenvalue weighted by atomic mass is 10.1. The number of hydrogen-bond acceptors (Lipinski definition) is 3. The number of amides is 1. The monoisotopic (exact) mass is 266 g/mol. The molecule has 6 nitrogen and oxygen atoms in total. The Hall–Kier alpha value is -2.11. The molecule has 1 heterocycles. The van der Waals surface area contributed by atoms with Gasteiger partial charge in [-0.1, -0.05) is 19.8 Å². The second kappa shape index (κ2) is 6.72. The Morgan fingerprint density at radius 3 is 2.74 bits per heavy atom. The number of pyridine rings is 1. The summed E-state index contributed by atoms with van der Waals surface area (Å²) in [5.41, 5.74) is -0.493. The van der Waals surface area contributed by atoms with Crippen molar-refractivity contribution in [2.24, 2.45) is 7.05 Å². The number of aryl methyl sites for hydroxylation is 1. The lowest BCUT2D eigenvalue weighted by Gasteiger charge is -2.14. The standard InChI is InChI=1S/C13H18N2O4/c1-3-4-7-10(13(18)19)14-11(16)9-6-5-8-15(2)12(9)17/h5-6,8,10H,3-4,7H2,1-2H3,(H,14,16)(H,18,19)/t10-/m0/s1. The summed E-state index contributed by atoms with van der Waals surface area (Å²) in [6.07, 6.45) is 3.42. The van der Waals surface area contributed by atoms with Crippen LogP contribution in [0.2, 0.25) is 0 Å². The molecule has 1 rings (SSSR count). The molecule has 0 aliphatic rings. The Morgan fingerprint density at radius 2 is 2.16 bits per heavy atom. The first-order chi connectivity index (χ1) is 8.97. The molecule has 6 heteroatoms. The largest absolute Gasteiger partial charge is 0.480 e. The van der Waals surface area contributed by atoms with E-state index in [0.29, 0.717) is 12.8 Å². The second-order valence-electron chi connectivity index (χ2n) is 4.34. The van der Waals surface area contributed by atoms with Crippen molar-refractivity contribution in [1.82, 2.24) is 9.88 Å². The van der Waals surface area contributed by atoms with Gasteiger partial charge in [0.25, 0.3) is 11.5 Å². The zero-order chi connectivity index (χ0) is 14.4. The van der Waals surface area contributed by atoms with Crippen molar-refractivity contribution in [3.8, 4) is 0 Å². The SMILES string of the molecule is CCCC[C@H](NC(=O)c1cccn(C)c1=O)C(=O)O. The molecule has 0 fully saturated rings. The zero-order valence-corrected chi connectivity index (χ0v) is 11.0. The summed E-state index contributed by atoms with van der Waals surface area (Å²) < 4.78 is 1.27. The fourth-order valence-corrected chi connectivity index (χ4v) is 1.67. The number of aliphatic carboxylic acids is 1. The van der Waals surface area contributed by atoms with Crippen LogP contribution in [0.15, 0.2) is 23.1 Å². The number of nitrogens with zero attached hydrogens (tertiary/aromatic N) is 1. The number of hydrogen-bond donors (Lipinski definition) is 2. The van der Waals surface area contributed by atoms with Gasteiger partial charge in [-0.25, -0.2) is 4.79 Å². The first kappa shape index (κ1) is 14.9. The van der Waals surface area contributed by atoms with Crippen LogP contribution < -0.4 is 10.9 Å². The number of nitrogens with one attached hydrogen (secondary N) is 1. The molecule has 104 valence electrons. The summed E-state index contributed by atoms with van der Waals surface area (Å²) in [4.78, 5) is 34.7. The molecule has 0 aliphatic heterocycles. The highest BCUT2D eigenvalue weighted by molar-refractivity contribution is 5.96. The van der Waals surface area contributed by atoms with Gasteiger partial charge in [0.1, 0.15) is 11.6 Å². The average molecular weight is 266 g/mol.